The van der Waals surface area contributed by atoms with Crippen molar-refractivity contribution in [3.05, 3.63) is 16.9 Å². The van der Waals surface area contributed by atoms with Crippen molar-refractivity contribution < 1.29 is 14.4 Å². The highest BCUT2D eigenvalue weighted by molar-refractivity contribution is 9.10. The van der Waals surface area contributed by atoms with Gasteiger partial charge in [0.2, 0.25) is 5.95 Å². The van der Waals surface area contributed by atoms with Crippen molar-refractivity contribution in [2.45, 2.75) is 13.3 Å². The van der Waals surface area contributed by atoms with E-state index < -0.39 is 0 Å². The second-order valence-electron chi connectivity index (χ2n) is 4.12. The Hall–Kier alpha value is -1.70. The number of nitrogens with zero attached hydrogens (tertiary/aromatic N) is 4. The second-order valence-corrected chi connectivity index (χ2v) is 5.04. The van der Waals surface area contributed by atoms with E-state index in [1.807, 2.05) is 4.90 Å². The first-order valence-corrected chi connectivity index (χ1v) is 7.04. The molecule has 0 saturated carbocycles. The largest absolute Gasteiger partial charge is 0.462 e. The summed E-state index contributed by atoms with van der Waals surface area (Å²) in [5.74, 6) is 0.437. The minimum absolute atomic E-state index is 0.225. The van der Waals surface area contributed by atoms with Crippen LogP contribution in [0, 0.1) is 0 Å². The van der Waals surface area contributed by atoms with E-state index in [4.69, 9.17) is 9.57 Å². The smallest absolute Gasteiger partial charge is 0.305 e. The molecule has 2 rings (SSSR count). The molecular weight excluding hydrogens is 328 g/mol. The first-order valence-electron chi connectivity index (χ1n) is 6.25. The molecule has 1 aliphatic heterocycles. The summed E-state index contributed by atoms with van der Waals surface area (Å²) in [5.41, 5.74) is 0.915. The summed E-state index contributed by atoms with van der Waals surface area (Å²) in [6.07, 6.45) is 3.78. The van der Waals surface area contributed by atoms with Gasteiger partial charge in [-0.25, -0.2) is 9.97 Å². The summed E-state index contributed by atoms with van der Waals surface area (Å²) in [7, 11) is 0. The fraction of sp³-hybridized carbons (Fsp3) is 0.500. The number of hydrogen-bond donors (Lipinski definition) is 0. The van der Waals surface area contributed by atoms with E-state index in [-0.39, 0.29) is 19.2 Å². The lowest BCUT2D eigenvalue weighted by Crippen LogP contribution is -2.48. The molecule has 8 heteroatoms. The standard InChI is InChI=1S/C12H15BrN4O3/c1-2-11(18)19-3-4-20-16-10-7-17(8-10)12-14-5-9(13)6-15-12/h5-6H,2-4,7-8H2,1H3. The SMILES string of the molecule is CCC(=O)OCCON=C1CN(c2ncc(Br)cn2)C1. The Morgan fingerprint density at radius 3 is 2.75 bits per heavy atom. The lowest BCUT2D eigenvalue weighted by Gasteiger charge is -2.31. The second kappa shape index (κ2) is 7.18. The van der Waals surface area contributed by atoms with Gasteiger partial charge in [-0.15, -0.1) is 0 Å². The molecule has 1 aliphatic rings. The van der Waals surface area contributed by atoms with Gasteiger partial charge in [0, 0.05) is 18.8 Å². The van der Waals surface area contributed by atoms with Gasteiger partial charge >= 0.3 is 5.97 Å². The quantitative estimate of drug-likeness (QED) is 0.441. The molecule has 2 heterocycles. The molecule has 0 aromatic carbocycles. The lowest BCUT2D eigenvalue weighted by molar-refractivity contribution is -0.144. The Balaban J connectivity index is 1.64. The van der Waals surface area contributed by atoms with Crippen LogP contribution in [0.1, 0.15) is 13.3 Å². The summed E-state index contributed by atoms with van der Waals surface area (Å²) >= 11 is 3.29. The highest BCUT2D eigenvalue weighted by Crippen LogP contribution is 2.15. The van der Waals surface area contributed by atoms with Crippen molar-refractivity contribution in [3.63, 3.8) is 0 Å². The summed E-state index contributed by atoms with van der Waals surface area (Å²) in [5, 5.41) is 3.96. The van der Waals surface area contributed by atoms with E-state index in [1.165, 1.54) is 0 Å². The number of carbonyl (C=O) groups is 1. The van der Waals surface area contributed by atoms with Gasteiger partial charge in [0.15, 0.2) is 6.61 Å². The van der Waals surface area contributed by atoms with Gasteiger partial charge in [0.25, 0.3) is 0 Å². The monoisotopic (exact) mass is 342 g/mol. The van der Waals surface area contributed by atoms with Crippen molar-refractivity contribution in [3.8, 4) is 0 Å². The molecule has 20 heavy (non-hydrogen) atoms. The zero-order valence-electron chi connectivity index (χ0n) is 11.1. The van der Waals surface area contributed by atoms with Crippen molar-refractivity contribution in [2.75, 3.05) is 31.2 Å². The van der Waals surface area contributed by atoms with E-state index in [9.17, 15) is 4.79 Å². The van der Waals surface area contributed by atoms with Crippen LogP contribution < -0.4 is 4.90 Å². The van der Waals surface area contributed by atoms with Crippen molar-refractivity contribution >= 4 is 33.6 Å². The van der Waals surface area contributed by atoms with E-state index in [0.29, 0.717) is 25.5 Å². The predicted molar refractivity (Wildman–Crippen MR) is 76.6 cm³/mol. The number of carbonyl (C=O) groups excluding carboxylic acids is 1. The zero-order valence-corrected chi connectivity index (χ0v) is 12.7. The fourth-order valence-corrected chi connectivity index (χ4v) is 1.70. The maximum atomic E-state index is 10.9. The molecule has 1 aromatic heterocycles. The molecule has 0 spiro atoms. The van der Waals surface area contributed by atoms with E-state index >= 15 is 0 Å². The number of ether oxygens (including phenoxy) is 1. The molecule has 1 fully saturated rings. The van der Waals surface area contributed by atoms with Gasteiger partial charge in [-0.3, -0.25) is 4.79 Å². The van der Waals surface area contributed by atoms with Gasteiger partial charge in [-0.2, -0.15) is 0 Å². The van der Waals surface area contributed by atoms with Crippen LogP contribution in [-0.4, -0.2) is 48.0 Å². The fourth-order valence-electron chi connectivity index (χ4n) is 1.49. The Labute approximate surface area is 125 Å². The number of anilines is 1. The van der Waals surface area contributed by atoms with Crippen LogP contribution in [0.2, 0.25) is 0 Å². The Morgan fingerprint density at radius 1 is 1.40 bits per heavy atom. The highest BCUT2D eigenvalue weighted by atomic mass is 79.9. The summed E-state index contributed by atoms with van der Waals surface area (Å²) in [6.45, 7) is 3.54. The molecule has 108 valence electrons. The van der Waals surface area contributed by atoms with Crippen LogP contribution in [0.4, 0.5) is 5.95 Å². The van der Waals surface area contributed by atoms with Crippen LogP contribution in [0.15, 0.2) is 22.0 Å². The third-order valence-electron chi connectivity index (χ3n) is 2.56. The van der Waals surface area contributed by atoms with Crippen LogP contribution in [0.3, 0.4) is 0 Å². The number of oxime groups is 1. The van der Waals surface area contributed by atoms with Crippen LogP contribution in [0.25, 0.3) is 0 Å². The van der Waals surface area contributed by atoms with E-state index in [2.05, 4.69) is 31.1 Å². The summed E-state index contributed by atoms with van der Waals surface area (Å²) in [6, 6.07) is 0. The molecule has 0 radical (unpaired) electrons. The van der Waals surface area contributed by atoms with Crippen molar-refractivity contribution in [1.29, 1.82) is 0 Å². The van der Waals surface area contributed by atoms with E-state index in [0.717, 1.165) is 10.2 Å². The first kappa shape index (κ1) is 14.7. The van der Waals surface area contributed by atoms with Crippen molar-refractivity contribution in [2.24, 2.45) is 5.16 Å². The summed E-state index contributed by atoms with van der Waals surface area (Å²) in [4.78, 5) is 26.3. The highest BCUT2D eigenvalue weighted by Gasteiger charge is 2.24. The van der Waals surface area contributed by atoms with Crippen LogP contribution in [0.5, 0.6) is 0 Å². The molecule has 7 nitrogen and oxygen atoms in total. The minimum Gasteiger partial charge on any atom is -0.462 e. The minimum atomic E-state index is -0.233. The van der Waals surface area contributed by atoms with E-state index in [1.54, 1.807) is 19.3 Å². The van der Waals surface area contributed by atoms with Crippen molar-refractivity contribution in [1.82, 2.24) is 9.97 Å². The number of hydrogen-bond acceptors (Lipinski definition) is 7. The maximum absolute atomic E-state index is 10.9. The third-order valence-corrected chi connectivity index (χ3v) is 2.97. The molecule has 0 atom stereocenters. The van der Waals surface area contributed by atoms with Gasteiger partial charge in [0.1, 0.15) is 6.61 Å². The van der Waals surface area contributed by atoms with Crippen LogP contribution >= 0.6 is 15.9 Å². The number of halogens is 1. The zero-order chi connectivity index (χ0) is 14.4. The lowest BCUT2D eigenvalue weighted by atomic mass is 10.2. The molecule has 1 aromatic rings. The molecule has 0 aliphatic carbocycles. The average Bonchev–Trinajstić information content (AvgIpc) is 2.41. The van der Waals surface area contributed by atoms with Gasteiger partial charge in [-0.05, 0) is 15.9 Å². The number of aromatic nitrogens is 2. The topological polar surface area (TPSA) is 76.9 Å². The molecule has 0 unspecified atom stereocenters. The predicted octanol–water partition coefficient (Wildman–Crippen LogP) is 1.38. The first-order chi connectivity index (χ1) is 9.69. The number of esters is 1. The Morgan fingerprint density at radius 2 is 2.10 bits per heavy atom. The number of rotatable bonds is 6. The normalized spacial score (nSPS) is 13.7. The van der Waals surface area contributed by atoms with Crippen LogP contribution in [-0.2, 0) is 14.4 Å². The third kappa shape index (κ3) is 4.16. The molecule has 1 saturated heterocycles. The average molecular weight is 343 g/mol. The Bertz CT molecular complexity index is 484. The molecule has 0 bridgehead atoms. The van der Waals surface area contributed by atoms with Gasteiger partial charge < -0.3 is 14.5 Å². The molecule has 0 N–H and O–H groups in total. The summed E-state index contributed by atoms with van der Waals surface area (Å²) < 4.78 is 5.71. The van der Waals surface area contributed by atoms with Gasteiger partial charge in [-0.1, -0.05) is 12.1 Å². The molecule has 0 amide bonds. The van der Waals surface area contributed by atoms with Gasteiger partial charge in [0.05, 0.1) is 23.3 Å². The maximum Gasteiger partial charge on any atom is 0.305 e. The molecular formula is C12H15BrN4O3. The Kier molecular flexibility index (Phi) is 5.28.